The van der Waals surface area contributed by atoms with Crippen molar-refractivity contribution in [2.45, 2.75) is 39.0 Å². The van der Waals surface area contributed by atoms with Crippen LogP contribution >= 0.6 is 11.6 Å². The molecule has 2 aromatic rings. The molecule has 1 aliphatic heterocycles. The van der Waals surface area contributed by atoms with Gasteiger partial charge in [-0.15, -0.1) is 0 Å². The van der Waals surface area contributed by atoms with Crippen LogP contribution in [-0.4, -0.2) is 29.6 Å². The molecular formula is C19H23ClN2O2. The molecule has 0 saturated carbocycles. The summed E-state index contributed by atoms with van der Waals surface area (Å²) in [7, 11) is 1.68. The van der Waals surface area contributed by atoms with Gasteiger partial charge < -0.3 is 9.47 Å². The Morgan fingerprint density at radius 3 is 2.67 bits per heavy atom. The van der Waals surface area contributed by atoms with Gasteiger partial charge in [-0.3, -0.25) is 4.90 Å². The predicted octanol–water partition coefficient (Wildman–Crippen LogP) is 4.48. The van der Waals surface area contributed by atoms with Gasteiger partial charge in [-0.2, -0.15) is 0 Å². The van der Waals surface area contributed by atoms with Crippen molar-refractivity contribution in [1.29, 1.82) is 0 Å². The number of fused-ring (bicyclic) bond motifs is 1. The molecule has 3 rings (SSSR count). The minimum Gasteiger partial charge on any atom is -0.497 e. The molecule has 1 aromatic carbocycles. The predicted molar refractivity (Wildman–Crippen MR) is 95.8 cm³/mol. The number of benzene rings is 1. The molecule has 2 heterocycles. The summed E-state index contributed by atoms with van der Waals surface area (Å²) in [6.07, 6.45) is 1.10. The Morgan fingerprint density at radius 2 is 2.00 bits per heavy atom. The van der Waals surface area contributed by atoms with Crippen LogP contribution in [0.2, 0.25) is 5.15 Å². The molecule has 2 atom stereocenters. The summed E-state index contributed by atoms with van der Waals surface area (Å²) in [4.78, 5) is 6.92. The van der Waals surface area contributed by atoms with Gasteiger partial charge >= 0.3 is 0 Å². The van der Waals surface area contributed by atoms with E-state index >= 15 is 0 Å². The first kappa shape index (κ1) is 17.1. The number of hydrogen-bond donors (Lipinski definition) is 0. The van der Waals surface area contributed by atoms with Crippen molar-refractivity contribution in [3.05, 3.63) is 52.8 Å². The van der Waals surface area contributed by atoms with Crippen LogP contribution in [0.1, 0.15) is 37.6 Å². The number of aromatic nitrogens is 1. The zero-order valence-electron chi connectivity index (χ0n) is 14.3. The molecule has 4 nitrogen and oxygen atoms in total. The molecule has 24 heavy (non-hydrogen) atoms. The largest absolute Gasteiger partial charge is 0.497 e. The SMILES string of the molecule is CCC1CN(Cc2ccc(OC)cc2)C(C)c2nc(Cl)ccc2O1. The fraction of sp³-hybridized carbons (Fsp3) is 0.421. The van der Waals surface area contributed by atoms with E-state index in [4.69, 9.17) is 21.1 Å². The van der Waals surface area contributed by atoms with Gasteiger partial charge in [-0.25, -0.2) is 4.98 Å². The number of halogens is 1. The van der Waals surface area contributed by atoms with E-state index in [1.54, 1.807) is 13.2 Å². The van der Waals surface area contributed by atoms with Crippen molar-refractivity contribution >= 4 is 11.6 Å². The van der Waals surface area contributed by atoms with E-state index in [0.29, 0.717) is 5.15 Å². The maximum Gasteiger partial charge on any atom is 0.143 e. The van der Waals surface area contributed by atoms with E-state index in [1.807, 2.05) is 18.2 Å². The normalized spacial score (nSPS) is 20.8. The monoisotopic (exact) mass is 346 g/mol. The van der Waals surface area contributed by atoms with Crippen molar-refractivity contribution in [3.63, 3.8) is 0 Å². The molecular weight excluding hydrogens is 324 g/mol. The van der Waals surface area contributed by atoms with Gasteiger partial charge in [0.15, 0.2) is 0 Å². The van der Waals surface area contributed by atoms with Crippen LogP contribution in [0, 0.1) is 0 Å². The van der Waals surface area contributed by atoms with Gasteiger partial charge in [0.2, 0.25) is 0 Å². The van der Waals surface area contributed by atoms with E-state index in [2.05, 4.69) is 35.9 Å². The van der Waals surface area contributed by atoms with Crippen LogP contribution in [0.3, 0.4) is 0 Å². The van der Waals surface area contributed by atoms with Gasteiger partial charge in [-0.1, -0.05) is 30.7 Å². The lowest BCUT2D eigenvalue weighted by molar-refractivity contribution is 0.121. The number of nitrogens with zero attached hydrogens (tertiary/aromatic N) is 2. The highest BCUT2D eigenvalue weighted by Gasteiger charge is 2.29. The smallest absolute Gasteiger partial charge is 0.143 e. The Hall–Kier alpha value is -1.78. The van der Waals surface area contributed by atoms with E-state index in [1.165, 1.54) is 5.56 Å². The Kier molecular flexibility index (Phi) is 5.27. The first-order valence-electron chi connectivity index (χ1n) is 8.30. The zero-order valence-corrected chi connectivity index (χ0v) is 15.1. The highest BCUT2D eigenvalue weighted by Crippen LogP contribution is 2.34. The summed E-state index contributed by atoms with van der Waals surface area (Å²) in [6.45, 7) is 6.00. The summed E-state index contributed by atoms with van der Waals surface area (Å²) in [5.74, 6) is 1.72. The molecule has 1 aliphatic rings. The van der Waals surface area contributed by atoms with Gasteiger partial charge in [0.1, 0.15) is 28.5 Å². The number of methoxy groups -OCH3 is 1. The molecule has 0 radical (unpaired) electrons. The summed E-state index contributed by atoms with van der Waals surface area (Å²) in [5.41, 5.74) is 2.15. The minimum atomic E-state index is 0.136. The van der Waals surface area contributed by atoms with Crippen molar-refractivity contribution in [3.8, 4) is 11.5 Å². The first-order chi connectivity index (χ1) is 11.6. The van der Waals surface area contributed by atoms with Gasteiger partial charge in [-0.05, 0) is 43.2 Å². The number of pyridine rings is 1. The average molecular weight is 347 g/mol. The van der Waals surface area contributed by atoms with Crippen LogP contribution < -0.4 is 9.47 Å². The minimum absolute atomic E-state index is 0.136. The summed E-state index contributed by atoms with van der Waals surface area (Å²) in [5, 5.41) is 0.503. The highest BCUT2D eigenvalue weighted by molar-refractivity contribution is 6.29. The third-order valence-corrected chi connectivity index (χ3v) is 4.74. The van der Waals surface area contributed by atoms with E-state index in [-0.39, 0.29) is 12.1 Å². The van der Waals surface area contributed by atoms with Crippen molar-refractivity contribution in [2.75, 3.05) is 13.7 Å². The molecule has 0 N–H and O–H groups in total. The molecule has 0 amide bonds. The zero-order chi connectivity index (χ0) is 17.1. The van der Waals surface area contributed by atoms with Crippen LogP contribution in [-0.2, 0) is 6.54 Å². The molecule has 0 bridgehead atoms. The molecule has 5 heteroatoms. The van der Waals surface area contributed by atoms with Gasteiger partial charge in [0, 0.05) is 13.1 Å². The molecule has 0 fully saturated rings. The number of rotatable bonds is 4. The summed E-state index contributed by atoms with van der Waals surface area (Å²) >= 11 is 6.11. The first-order valence-corrected chi connectivity index (χ1v) is 8.68. The van der Waals surface area contributed by atoms with Crippen LogP contribution in [0.4, 0.5) is 0 Å². The molecule has 0 aliphatic carbocycles. The Morgan fingerprint density at radius 1 is 1.25 bits per heavy atom. The van der Waals surface area contributed by atoms with Gasteiger partial charge in [0.25, 0.3) is 0 Å². The third kappa shape index (κ3) is 3.65. The second kappa shape index (κ2) is 7.41. The Bertz CT molecular complexity index is 690. The number of ether oxygens (including phenoxy) is 2. The van der Waals surface area contributed by atoms with Crippen molar-refractivity contribution in [1.82, 2.24) is 9.88 Å². The molecule has 0 saturated heterocycles. The van der Waals surface area contributed by atoms with E-state index in [0.717, 1.165) is 36.7 Å². The fourth-order valence-electron chi connectivity index (χ4n) is 3.03. The fourth-order valence-corrected chi connectivity index (χ4v) is 3.18. The van der Waals surface area contributed by atoms with Crippen LogP contribution in [0.5, 0.6) is 11.5 Å². The molecule has 0 spiro atoms. The lowest BCUT2D eigenvalue weighted by Crippen LogP contribution is -2.34. The Balaban J connectivity index is 1.87. The van der Waals surface area contributed by atoms with Crippen molar-refractivity contribution < 1.29 is 9.47 Å². The van der Waals surface area contributed by atoms with E-state index in [9.17, 15) is 0 Å². The lowest BCUT2D eigenvalue weighted by atomic mass is 10.1. The van der Waals surface area contributed by atoms with E-state index < -0.39 is 0 Å². The second-order valence-electron chi connectivity index (χ2n) is 6.12. The van der Waals surface area contributed by atoms with Gasteiger partial charge in [0.05, 0.1) is 13.2 Å². The van der Waals surface area contributed by atoms with Crippen molar-refractivity contribution in [2.24, 2.45) is 0 Å². The molecule has 128 valence electrons. The second-order valence-corrected chi connectivity index (χ2v) is 6.51. The average Bonchev–Trinajstić information content (AvgIpc) is 2.73. The maximum atomic E-state index is 6.15. The quantitative estimate of drug-likeness (QED) is 0.764. The third-order valence-electron chi connectivity index (χ3n) is 4.53. The maximum absolute atomic E-state index is 6.15. The van der Waals surface area contributed by atoms with Crippen LogP contribution in [0.15, 0.2) is 36.4 Å². The summed E-state index contributed by atoms with van der Waals surface area (Å²) in [6, 6.07) is 12.1. The van der Waals surface area contributed by atoms with Crippen LogP contribution in [0.25, 0.3) is 0 Å². The number of hydrogen-bond acceptors (Lipinski definition) is 4. The summed E-state index contributed by atoms with van der Waals surface area (Å²) < 4.78 is 11.4. The standard InChI is InChI=1S/C19H23ClN2O2/c1-4-15-12-22(11-14-5-7-16(23-3)8-6-14)13(2)19-17(24-15)9-10-18(20)21-19/h5-10,13,15H,4,11-12H2,1-3H3. The Labute approximate surface area is 148 Å². The highest BCUT2D eigenvalue weighted by atomic mass is 35.5. The molecule has 2 unspecified atom stereocenters. The lowest BCUT2D eigenvalue weighted by Gasteiger charge is -2.28. The molecule has 1 aromatic heterocycles. The topological polar surface area (TPSA) is 34.6 Å².